The van der Waals surface area contributed by atoms with Crippen molar-refractivity contribution in [2.45, 2.75) is 30.7 Å². The number of non-ortho nitro benzene ring substituents is 1. The number of likely N-dealkylation sites (tertiary alicyclic amines) is 1. The highest BCUT2D eigenvalue weighted by Crippen LogP contribution is 2.26. The second kappa shape index (κ2) is 9.58. The number of nitrogens with zero attached hydrogens (tertiary/aromatic N) is 2. The minimum absolute atomic E-state index is 0.0744. The molecule has 31 heavy (non-hydrogen) atoms. The highest BCUT2D eigenvalue weighted by Gasteiger charge is 2.51. The molecule has 2 aromatic carbocycles. The molecule has 2 N–H and O–H groups in total. The number of aliphatic hydroxyl groups excluding tert-OH is 1. The first-order valence-electron chi connectivity index (χ1n) is 9.19. The van der Waals surface area contributed by atoms with E-state index in [1.807, 2.05) is 6.07 Å². The zero-order valence-corrected chi connectivity index (χ0v) is 17.0. The quantitative estimate of drug-likeness (QED) is 0.179. The lowest BCUT2D eigenvalue weighted by Crippen LogP contribution is -2.72. The third-order valence-electron chi connectivity index (χ3n) is 4.63. The number of carbonyl (C=O) groups is 3. The standard InChI is InChI=1S/C20H19N3O7S/c24-15(10-12-4-2-1-3-5-12)21-16-17(25)22(19(16)31)18(26)20(27)30-11-13-6-8-14(9-7-13)23(28)29/h1-9,16,18-19,26,31H,10-11H2,(H,21,24)/t16-,18?,19-/m1/s1. The van der Waals surface area contributed by atoms with Crippen molar-refractivity contribution in [3.05, 3.63) is 75.8 Å². The maximum atomic E-state index is 12.3. The molecule has 1 fully saturated rings. The number of nitrogens with one attached hydrogen (secondary N) is 1. The average molecular weight is 445 g/mol. The van der Waals surface area contributed by atoms with Crippen LogP contribution in [0.25, 0.3) is 0 Å². The van der Waals surface area contributed by atoms with E-state index in [9.17, 15) is 29.6 Å². The zero-order chi connectivity index (χ0) is 22.5. The monoisotopic (exact) mass is 445 g/mol. The third kappa shape index (κ3) is 5.19. The van der Waals surface area contributed by atoms with Gasteiger partial charge < -0.3 is 15.2 Å². The number of benzene rings is 2. The molecule has 3 atom stereocenters. The van der Waals surface area contributed by atoms with E-state index in [1.54, 1.807) is 24.3 Å². The predicted molar refractivity (Wildman–Crippen MR) is 111 cm³/mol. The van der Waals surface area contributed by atoms with Crippen LogP contribution in [-0.2, 0) is 32.1 Å². The summed E-state index contributed by atoms with van der Waals surface area (Å²) in [5.41, 5.74) is 1.13. The summed E-state index contributed by atoms with van der Waals surface area (Å²) in [6.07, 6.45) is -1.82. The molecule has 0 radical (unpaired) electrons. The lowest BCUT2D eigenvalue weighted by molar-refractivity contribution is -0.384. The van der Waals surface area contributed by atoms with E-state index in [1.165, 1.54) is 24.3 Å². The van der Waals surface area contributed by atoms with E-state index in [2.05, 4.69) is 17.9 Å². The van der Waals surface area contributed by atoms with Crippen molar-refractivity contribution < 1.29 is 29.2 Å². The van der Waals surface area contributed by atoms with Gasteiger partial charge in [0.1, 0.15) is 18.0 Å². The summed E-state index contributed by atoms with van der Waals surface area (Å²) < 4.78 is 4.97. The van der Waals surface area contributed by atoms with Crippen LogP contribution in [0.1, 0.15) is 11.1 Å². The molecule has 0 aromatic heterocycles. The third-order valence-corrected chi connectivity index (χ3v) is 5.18. The van der Waals surface area contributed by atoms with Crippen molar-refractivity contribution in [1.82, 2.24) is 10.2 Å². The normalized spacial score (nSPS) is 18.6. The predicted octanol–water partition coefficient (Wildman–Crippen LogP) is 0.782. The van der Waals surface area contributed by atoms with Gasteiger partial charge in [0.05, 0.1) is 11.3 Å². The number of hydrogen-bond donors (Lipinski definition) is 3. The molecule has 0 bridgehead atoms. The minimum atomic E-state index is -1.89. The van der Waals surface area contributed by atoms with Crippen molar-refractivity contribution >= 4 is 36.1 Å². The summed E-state index contributed by atoms with van der Waals surface area (Å²) in [5.74, 6) is -2.14. The Balaban J connectivity index is 1.49. The van der Waals surface area contributed by atoms with E-state index in [4.69, 9.17) is 4.74 Å². The topological polar surface area (TPSA) is 139 Å². The highest BCUT2D eigenvalue weighted by molar-refractivity contribution is 7.81. The Morgan fingerprint density at radius 2 is 1.81 bits per heavy atom. The van der Waals surface area contributed by atoms with Crippen molar-refractivity contribution in [1.29, 1.82) is 0 Å². The zero-order valence-electron chi connectivity index (χ0n) is 16.1. The highest BCUT2D eigenvalue weighted by atomic mass is 32.1. The van der Waals surface area contributed by atoms with Crippen LogP contribution >= 0.6 is 12.6 Å². The maximum absolute atomic E-state index is 12.3. The fourth-order valence-corrected chi connectivity index (χ4v) is 3.40. The number of carbonyl (C=O) groups excluding carboxylic acids is 3. The molecule has 1 aliphatic rings. The second-order valence-corrected chi connectivity index (χ2v) is 7.30. The summed E-state index contributed by atoms with van der Waals surface area (Å²) in [4.78, 5) is 47.4. The molecule has 11 heteroatoms. The van der Waals surface area contributed by atoms with Crippen LogP contribution in [0.3, 0.4) is 0 Å². The van der Waals surface area contributed by atoms with Crippen molar-refractivity contribution in [2.24, 2.45) is 0 Å². The lowest BCUT2D eigenvalue weighted by atomic mass is 10.1. The number of amides is 2. The van der Waals surface area contributed by atoms with Crippen molar-refractivity contribution in [2.75, 3.05) is 0 Å². The van der Waals surface area contributed by atoms with Gasteiger partial charge in [-0.05, 0) is 23.3 Å². The number of thiol groups is 1. The smallest absolute Gasteiger partial charge is 0.356 e. The van der Waals surface area contributed by atoms with Gasteiger partial charge in [-0.15, -0.1) is 0 Å². The van der Waals surface area contributed by atoms with Gasteiger partial charge in [0.2, 0.25) is 12.1 Å². The number of nitro benzene ring substituents is 1. The number of nitro groups is 1. The molecule has 1 saturated heterocycles. The van der Waals surface area contributed by atoms with E-state index in [0.29, 0.717) is 5.56 Å². The fraction of sp³-hybridized carbons (Fsp3) is 0.250. The van der Waals surface area contributed by atoms with Gasteiger partial charge >= 0.3 is 5.97 Å². The van der Waals surface area contributed by atoms with Crippen molar-refractivity contribution in [3.8, 4) is 0 Å². The summed E-state index contributed by atoms with van der Waals surface area (Å²) in [6, 6.07) is 13.3. The first-order valence-corrected chi connectivity index (χ1v) is 9.71. The lowest BCUT2D eigenvalue weighted by Gasteiger charge is -2.45. The molecule has 2 aromatic rings. The van der Waals surface area contributed by atoms with Crippen LogP contribution in [0.5, 0.6) is 0 Å². The SMILES string of the molecule is O=C(Cc1ccccc1)N[C@@H]1C(=O)N(C(O)C(=O)OCc2ccc([N+](=O)[O-])cc2)[C@@H]1S. The maximum Gasteiger partial charge on any atom is 0.356 e. The Morgan fingerprint density at radius 3 is 2.39 bits per heavy atom. The molecule has 1 unspecified atom stereocenters. The molecule has 2 amide bonds. The number of β-lactam (4-membered cyclic amide) rings is 1. The average Bonchev–Trinajstić information content (AvgIpc) is 2.77. The number of ether oxygens (including phenoxy) is 1. The largest absolute Gasteiger partial charge is 0.457 e. The summed E-state index contributed by atoms with van der Waals surface area (Å²) in [5, 5.41) is 22.4. The summed E-state index contributed by atoms with van der Waals surface area (Å²) in [7, 11) is 0. The van der Waals surface area contributed by atoms with Crippen LogP contribution < -0.4 is 5.32 Å². The Kier molecular flexibility index (Phi) is 6.88. The number of aliphatic hydroxyl groups is 1. The molecular weight excluding hydrogens is 426 g/mol. The van der Waals surface area contributed by atoms with Gasteiger partial charge in [0, 0.05) is 12.1 Å². The summed E-state index contributed by atoms with van der Waals surface area (Å²) >= 11 is 4.20. The molecule has 1 heterocycles. The number of hydrogen-bond acceptors (Lipinski definition) is 8. The van der Waals surface area contributed by atoms with Gasteiger partial charge in [0.15, 0.2) is 0 Å². The first-order chi connectivity index (χ1) is 14.8. The Labute approximate surface area is 182 Å². The molecular formula is C20H19N3O7S. The molecule has 162 valence electrons. The molecule has 10 nitrogen and oxygen atoms in total. The fourth-order valence-electron chi connectivity index (χ4n) is 2.96. The molecule has 3 rings (SSSR count). The van der Waals surface area contributed by atoms with Crippen LogP contribution in [0.2, 0.25) is 0 Å². The number of esters is 1. The first kappa shape index (κ1) is 22.2. The van der Waals surface area contributed by atoms with Crippen LogP contribution in [0.15, 0.2) is 54.6 Å². The van der Waals surface area contributed by atoms with E-state index in [0.717, 1.165) is 10.5 Å². The molecule has 0 aliphatic carbocycles. The molecule has 0 spiro atoms. The molecule has 0 saturated carbocycles. The Bertz CT molecular complexity index is 984. The van der Waals surface area contributed by atoms with Gasteiger partial charge in [-0.2, -0.15) is 12.6 Å². The Morgan fingerprint density at radius 1 is 1.16 bits per heavy atom. The van der Waals surface area contributed by atoms with E-state index in [-0.39, 0.29) is 18.7 Å². The molecule has 1 aliphatic heterocycles. The van der Waals surface area contributed by atoms with Gasteiger partial charge in [-0.3, -0.25) is 24.6 Å². The van der Waals surface area contributed by atoms with E-state index < -0.39 is 40.4 Å². The van der Waals surface area contributed by atoms with Crippen LogP contribution in [-0.4, -0.2) is 50.4 Å². The Hall–Kier alpha value is -3.44. The second-order valence-electron chi connectivity index (χ2n) is 6.77. The van der Waals surface area contributed by atoms with E-state index >= 15 is 0 Å². The van der Waals surface area contributed by atoms with Gasteiger partial charge in [-0.25, -0.2) is 4.79 Å². The van der Waals surface area contributed by atoms with Crippen LogP contribution in [0, 0.1) is 10.1 Å². The van der Waals surface area contributed by atoms with Gasteiger partial charge in [-0.1, -0.05) is 30.3 Å². The number of rotatable bonds is 8. The van der Waals surface area contributed by atoms with Crippen LogP contribution in [0.4, 0.5) is 5.69 Å². The summed E-state index contributed by atoms with van der Waals surface area (Å²) in [6.45, 7) is -0.246. The minimum Gasteiger partial charge on any atom is -0.457 e. The van der Waals surface area contributed by atoms with Gasteiger partial charge in [0.25, 0.3) is 11.6 Å². The van der Waals surface area contributed by atoms with Crippen molar-refractivity contribution in [3.63, 3.8) is 0 Å².